The van der Waals surface area contributed by atoms with Gasteiger partial charge in [-0.3, -0.25) is 14.6 Å². The lowest BCUT2D eigenvalue weighted by molar-refractivity contribution is -0.137. The molecule has 1 aliphatic heterocycles. The van der Waals surface area contributed by atoms with E-state index in [4.69, 9.17) is 5.11 Å². The minimum atomic E-state index is -0.943. The van der Waals surface area contributed by atoms with E-state index in [1.165, 1.54) is 0 Å². The number of carboxylic acids is 1. The van der Waals surface area contributed by atoms with Crippen molar-refractivity contribution in [2.45, 2.75) is 31.3 Å². The van der Waals surface area contributed by atoms with Crippen LogP contribution in [-0.4, -0.2) is 34.6 Å². The first kappa shape index (κ1) is 13.5. The molecule has 6 heteroatoms. The maximum Gasteiger partial charge on any atom is 0.305 e. The summed E-state index contributed by atoms with van der Waals surface area (Å²) in [5.74, 6) is -1.08. The van der Waals surface area contributed by atoms with Gasteiger partial charge in [-0.2, -0.15) is 0 Å². The Morgan fingerprint density at radius 1 is 1.47 bits per heavy atom. The van der Waals surface area contributed by atoms with Crippen LogP contribution in [0.3, 0.4) is 0 Å². The fraction of sp³-hybridized carbons (Fsp3) is 0.462. The maximum atomic E-state index is 12.0. The van der Waals surface area contributed by atoms with Crippen LogP contribution in [0.1, 0.15) is 30.9 Å². The highest BCUT2D eigenvalue weighted by atomic mass is 16.4. The second-order valence-corrected chi connectivity index (χ2v) is 4.59. The van der Waals surface area contributed by atoms with Gasteiger partial charge < -0.3 is 15.7 Å². The number of rotatable bonds is 5. The first-order valence-corrected chi connectivity index (χ1v) is 6.32. The number of aliphatic carboxylic acids is 1. The molecule has 19 heavy (non-hydrogen) atoms. The molecule has 0 aromatic carbocycles. The fourth-order valence-corrected chi connectivity index (χ4v) is 2.20. The number of carbonyl (C=O) groups is 2. The quantitative estimate of drug-likeness (QED) is 0.718. The highest BCUT2D eigenvalue weighted by Gasteiger charge is 2.25. The number of nitrogens with one attached hydrogen (secondary N) is 2. The van der Waals surface area contributed by atoms with Gasteiger partial charge in [-0.05, 0) is 37.1 Å². The molecule has 0 unspecified atom stereocenters. The van der Waals surface area contributed by atoms with Crippen molar-refractivity contribution in [1.82, 2.24) is 15.6 Å². The van der Waals surface area contributed by atoms with E-state index < -0.39 is 12.0 Å². The fourth-order valence-electron chi connectivity index (χ4n) is 2.20. The van der Waals surface area contributed by atoms with Crippen LogP contribution in [0.5, 0.6) is 0 Å². The maximum absolute atomic E-state index is 12.0. The van der Waals surface area contributed by atoms with Crippen molar-refractivity contribution in [3.8, 4) is 0 Å². The Balaban J connectivity index is 2.05. The molecule has 1 aromatic rings. The second kappa shape index (κ2) is 6.29. The van der Waals surface area contributed by atoms with E-state index in [2.05, 4.69) is 15.6 Å². The van der Waals surface area contributed by atoms with Crippen LogP contribution in [0.15, 0.2) is 24.5 Å². The SMILES string of the molecule is O=C(O)C[C@@H](NC(=O)[C@@H]1CCCN1)c1ccncc1. The third-order valence-electron chi connectivity index (χ3n) is 3.18. The number of hydrogen-bond acceptors (Lipinski definition) is 4. The lowest BCUT2D eigenvalue weighted by Gasteiger charge is -2.19. The van der Waals surface area contributed by atoms with E-state index in [1.807, 2.05) is 0 Å². The molecule has 0 saturated carbocycles. The molecule has 3 N–H and O–H groups in total. The summed E-state index contributed by atoms with van der Waals surface area (Å²) in [6, 6.07) is 2.71. The zero-order valence-electron chi connectivity index (χ0n) is 10.5. The van der Waals surface area contributed by atoms with Crippen molar-refractivity contribution in [1.29, 1.82) is 0 Å². The summed E-state index contributed by atoms with van der Waals surface area (Å²) in [7, 11) is 0. The van der Waals surface area contributed by atoms with Crippen LogP contribution in [0.2, 0.25) is 0 Å². The molecular weight excluding hydrogens is 246 g/mol. The van der Waals surface area contributed by atoms with Gasteiger partial charge in [-0.15, -0.1) is 0 Å². The molecule has 1 aliphatic rings. The molecule has 6 nitrogen and oxygen atoms in total. The smallest absolute Gasteiger partial charge is 0.305 e. The number of aromatic nitrogens is 1. The van der Waals surface area contributed by atoms with Gasteiger partial charge in [0.25, 0.3) is 0 Å². The van der Waals surface area contributed by atoms with Gasteiger partial charge in [-0.1, -0.05) is 0 Å². The van der Waals surface area contributed by atoms with Gasteiger partial charge in [0, 0.05) is 12.4 Å². The summed E-state index contributed by atoms with van der Waals surface area (Å²) in [5, 5.41) is 14.8. The van der Waals surface area contributed by atoms with Gasteiger partial charge in [0.1, 0.15) is 0 Å². The monoisotopic (exact) mass is 263 g/mol. The van der Waals surface area contributed by atoms with Gasteiger partial charge in [0.05, 0.1) is 18.5 Å². The standard InChI is InChI=1S/C13H17N3O3/c17-12(18)8-11(9-3-6-14-7-4-9)16-13(19)10-2-1-5-15-10/h3-4,6-7,10-11,15H,1-2,5,8H2,(H,16,19)(H,17,18)/t10-,11+/m0/s1. The van der Waals surface area contributed by atoms with Gasteiger partial charge in [0.15, 0.2) is 0 Å². The number of nitrogens with zero attached hydrogens (tertiary/aromatic N) is 1. The Kier molecular flexibility index (Phi) is 4.46. The summed E-state index contributed by atoms with van der Waals surface area (Å²) in [6.07, 6.45) is 4.80. The number of pyridine rings is 1. The molecule has 1 fully saturated rings. The average Bonchev–Trinajstić information content (AvgIpc) is 2.92. The predicted molar refractivity (Wildman–Crippen MR) is 68.4 cm³/mol. The Labute approximate surface area is 111 Å². The normalized spacial score (nSPS) is 19.9. The molecular formula is C13H17N3O3. The molecule has 2 rings (SSSR count). The van der Waals surface area contributed by atoms with E-state index >= 15 is 0 Å². The number of amides is 1. The van der Waals surface area contributed by atoms with Crippen LogP contribution in [0, 0.1) is 0 Å². The van der Waals surface area contributed by atoms with E-state index in [1.54, 1.807) is 24.5 Å². The highest BCUT2D eigenvalue weighted by Crippen LogP contribution is 2.17. The van der Waals surface area contributed by atoms with Crippen molar-refractivity contribution in [3.05, 3.63) is 30.1 Å². The molecule has 0 spiro atoms. The van der Waals surface area contributed by atoms with Crippen molar-refractivity contribution in [2.24, 2.45) is 0 Å². The molecule has 0 aliphatic carbocycles. The largest absolute Gasteiger partial charge is 0.481 e. The average molecular weight is 263 g/mol. The summed E-state index contributed by atoms with van der Waals surface area (Å²) in [6.45, 7) is 0.830. The van der Waals surface area contributed by atoms with E-state index in [9.17, 15) is 9.59 Å². The number of hydrogen-bond donors (Lipinski definition) is 3. The van der Waals surface area contributed by atoms with E-state index in [0.717, 1.165) is 24.9 Å². The predicted octanol–water partition coefficient (Wildman–Crippen LogP) is 0.466. The third-order valence-corrected chi connectivity index (χ3v) is 3.18. The Bertz CT molecular complexity index is 444. The molecule has 0 radical (unpaired) electrons. The zero-order valence-corrected chi connectivity index (χ0v) is 10.5. The molecule has 0 bridgehead atoms. The minimum absolute atomic E-state index is 0.136. The molecule has 1 saturated heterocycles. The van der Waals surface area contributed by atoms with Crippen LogP contribution in [0.4, 0.5) is 0 Å². The summed E-state index contributed by atoms with van der Waals surface area (Å²) < 4.78 is 0. The van der Waals surface area contributed by atoms with Gasteiger partial charge >= 0.3 is 5.97 Å². The summed E-state index contributed by atoms with van der Waals surface area (Å²) >= 11 is 0. The molecule has 102 valence electrons. The van der Waals surface area contributed by atoms with Crippen molar-refractivity contribution < 1.29 is 14.7 Å². The number of carbonyl (C=O) groups excluding carboxylic acids is 1. The third kappa shape index (κ3) is 3.75. The zero-order chi connectivity index (χ0) is 13.7. The molecule has 2 atom stereocenters. The Morgan fingerprint density at radius 2 is 2.21 bits per heavy atom. The van der Waals surface area contributed by atoms with Crippen molar-refractivity contribution in [3.63, 3.8) is 0 Å². The van der Waals surface area contributed by atoms with E-state index in [0.29, 0.717) is 0 Å². The van der Waals surface area contributed by atoms with Crippen LogP contribution in [-0.2, 0) is 9.59 Å². The highest BCUT2D eigenvalue weighted by molar-refractivity contribution is 5.83. The topological polar surface area (TPSA) is 91.3 Å². The minimum Gasteiger partial charge on any atom is -0.481 e. The molecule has 1 aromatic heterocycles. The molecule has 2 heterocycles. The van der Waals surface area contributed by atoms with Gasteiger partial charge in [0.2, 0.25) is 5.91 Å². The lowest BCUT2D eigenvalue weighted by atomic mass is 10.0. The first-order valence-electron chi connectivity index (χ1n) is 6.32. The van der Waals surface area contributed by atoms with Gasteiger partial charge in [-0.25, -0.2) is 0 Å². The van der Waals surface area contributed by atoms with Crippen LogP contribution < -0.4 is 10.6 Å². The van der Waals surface area contributed by atoms with Crippen molar-refractivity contribution in [2.75, 3.05) is 6.54 Å². The molecule has 1 amide bonds. The van der Waals surface area contributed by atoms with E-state index in [-0.39, 0.29) is 18.4 Å². The van der Waals surface area contributed by atoms with Crippen LogP contribution >= 0.6 is 0 Å². The number of carboxylic acid groups (broad SMARTS) is 1. The summed E-state index contributed by atoms with van der Waals surface area (Å²) in [4.78, 5) is 26.8. The summed E-state index contributed by atoms with van der Waals surface area (Å²) in [5.41, 5.74) is 0.753. The second-order valence-electron chi connectivity index (χ2n) is 4.59. The Morgan fingerprint density at radius 3 is 2.79 bits per heavy atom. The Hall–Kier alpha value is -1.95. The first-order chi connectivity index (χ1) is 9.16. The van der Waals surface area contributed by atoms with Crippen molar-refractivity contribution >= 4 is 11.9 Å². The lowest BCUT2D eigenvalue weighted by Crippen LogP contribution is -2.42. The van der Waals surface area contributed by atoms with Crippen LogP contribution in [0.25, 0.3) is 0 Å².